The predicted octanol–water partition coefficient (Wildman–Crippen LogP) is 2.26. The summed E-state index contributed by atoms with van der Waals surface area (Å²) in [5.41, 5.74) is 0.450. The summed E-state index contributed by atoms with van der Waals surface area (Å²) in [6.07, 6.45) is 8.66. The van der Waals surface area contributed by atoms with Crippen molar-refractivity contribution in [2.45, 2.75) is 57.4 Å². The maximum absolute atomic E-state index is 12.2. The Balaban J connectivity index is 1.58. The van der Waals surface area contributed by atoms with Crippen molar-refractivity contribution in [2.24, 2.45) is 5.92 Å². The number of hydrogen-bond acceptors (Lipinski definition) is 2. The van der Waals surface area contributed by atoms with Crippen LogP contribution in [0.3, 0.4) is 0 Å². The normalized spacial score (nSPS) is 28.6. The molecular weight excluding hydrogens is 224 g/mol. The van der Waals surface area contributed by atoms with Crippen LogP contribution in [0.25, 0.3) is 0 Å². The molecule has 3 rings (SSSR count). The fourth-order valence-corrected chi connectivity index (χ4v) is 4.11. The van der Waals surface area contributed by atoms with Crippen molar-refractivity contribution in [3.05, 3.63) is 0 Å². The maximum atomic E-state index is 12.2. The third-order valence-electron chi connectivity index (χ3n) is 5.58. The number of amides is 1. The Hall–Kier alpha value is -0.570. The number of rotatable bonds is 2. The lowest BCUT2D eigenvalue weighted by Gasteiger charge is -2.46. The van der Waals surface area contributed by atoms with Gasteiger partial charge in [-0.05, 0) is 51.6 Å². The van der Waals surface area contributed by atoms with Gasteiger partial charge in [0.15, 0.2) is 0 Å². The number of piperidine rings is 1. The minimum atomic E-state index is 0.380. The van der Waals surface area contributed by atoms with E-state index in [0.717, 1.165) is 25.9 Å². The Morgan fingerprint density at radius 3 is 2.39 bits per heavy atom. The van der Waals surface area contributed by atoms with E-state index in [9.17, 15) is 4.79 Å². The fraction of sp³-hybridized carbons (Fsp3) is 0.933. The van der Waals surface area contributed by atoms with Gasteiger partial charge in [-0.25, -0.2) is 0 Å². The monoisotopic (exact) mass is 250 g/mol. The first-order chi connectivity index (χ1) is 8.75. The van der Waals surface area contributed by atoms with E-state index in [1.165, 1.54) is 45.2 Å². The van der Waals surface area contributed by atoms with E-state index in [1.807, 2.05) is 0 Å². The summed E-state index contributed by atoms with van der Waals surface area (Å²) >= 11 is 0. The highest BCUT2D eigenvalue weighted by Crippen LogP contribution is 2.39. The molecule has 2 saturated heterocycles. The second-order valence-corrected chi connectivity index (χ2v) is 6.36. The summed E-state index contributed by atoms with van der Waals surface area (Å²) in [7, 11) is 0. The van der Waals surface area contributed by atoms with Crippen LogP contribution in [0.15, 0.2) is 0 Å². The first-order valence-electron chi connectivity index (χ1n) is 7.79. The first kappa shape index (κ1) is 12.5. The number of likely N-dealkylation sites (tertiary alicyclic amines) is 2. The zero-order valence-electron chi connectivity index (χ0n) is 11.7. The second kappa shape index (κ2) is 4.84. The van der Waals surface area contributed by atoms with Crippen LogP contribution in [-0.4, -0.2) is 47.4 Å². The van der Waals surface area contributed by atoms with Crippen molar-refractivity contribution in [1.29, 1.82) is 0 Å². The van der Waals surface area contributed by atoms with Gasteiger partial charge in [-0.15, -0.1) is 0 Å². The first-order valence-corrected chi connectivity index (χ1v) is 7.79. The van der Waals surface area contributed by atoms with Gasteiger partial charge in [-0.2, -0.15) is 0 Å². The molecule has 18 heavy (non-hydrogen) atoms. The molecule has 1 spiro atoms. The zero-order valence-corrected chi connectivity index (χ0v) is 11.7. The molecule has 3 fully saturated rings. The van der Waals surface area contributed by atoms with Gasteiger partial charge >= 0.3 is 0 Å². The average molecular weight is 250 g/mol. The smallest absolute Gasteiger partial charge is 0.225 e. The van der Waals surface area contributed by atoms with Crippen molar-refractivity contribution in [3.8, 4) is 0 Å². The van der Waals surface area contributed by atoms with Crippen molar-refractivity contribution in [2.75, 3.05) is 26.2 Å². The van der Waals surface area contributed by atoms with E-state index < -0.39 is 0 Å². The summed E-state index contributed by atoms with van der Waals surface area (Å²) in [5.74, 6) is 0.835. The molecule has 1 saturated carbocycles. The van der Waals surface area contributed by atoms with Gasteiger partial charge in [0.05, 0.1) is 0 Å². The molecule has 0 atom stereocenters. The molecular formula is C15H26N2O. The quantitative estimate of drug-likeness (QED) is 0.750. The second-order valence-electron chi connectivity index (χ2n) is 6.36. The highest BCUT2D eigenvalue weighted by molar-refractivity contribution is 5.79. The van der Waals surface area contributed by atoms with E-state index in [2.05, 4.69) is 16.7 Å². The van der Waals surface area contributed by atoms with Crippen LogP contribution >= 0.6 is 0 Å². The number of hydrogen-bond donors (Lipinski definition) is 0. The van der Waals surface area contributed by atoms with Gasteiger partial charge in [-0.3, -0.25) is 9.69 Å². The molecule has 0 aromatic rings. The lowest BCUT2D eigenvalue weighted by molar-refractivity contribution is -0.140. The van der Waals surface area contributed by atoms with E-state index in [4.69, 9.17) is 0 Å². The van der Waals surface area contributed by atoms with Gasteiger partial charge in [-0.1, -0.05) is 13.3 Å². The Morgan fingerprint density at radius 2 is 1.83 bits per heavy atom. The largest absolute Gasteiger partial charge is 0.342 e. The molecule has 1 amide bonds. The summed E-state index contributed by atoms with van der Waals surface area (Å²) in [5, 5.41) is 0. The molecule has 2 aliphatic heterocycles. The lowest BCUT2D eigenvalue weighted by atomic mass is 9.81. The molecule has 3 nitrogen and oxygen atoms in total. The number of carbonyl (C=O) groups excluding carboxylic acids is 1. The van der Waals surface area contributed by atoms with Crippen molar-refractivity contribution >= 4 is 5.91 Å². The molecule has 102 valence electrons. The molecule has 0 N–H and O–H groups in total. The van der Waals surface area contributed by atoms with Gasteiger partial charge in [0.1, 0.15) is 0 Å². The Labute approximate surface area is 111 Å². The minimum Gasteiger partial charge on any atom is -0.342 e. The highest BCUT2D eigenvalue weighted by atomic mass is 16.2. The summed E-state index contributed by atoms with van der Waals surface area (Å²) in [6, 6.07) is 0. The van der Waals surface area contributed by atoms with Crippen molar-refractivity contribution in [1.82, 2.24) is 9.80 Å². The van der Waals surface area contributed by atoms with E-state index >= 15 is 0 Å². The fourth-order valence-electron chi connectivity index (χ4n) is 4.11. The molecule has 3 aliphatic rings. The number of nitrogens with zero attached hydrogens (tertiary/aromatic N) is 2. The molecule has 0 radical (unpaired) electrons. The predicted molar refractivity (Wildman–Crippen MR) is 72.4 cm³/mol. The summed E-state index contributed by atoms with van der Waals surface area (Å²) in [6.45, 7) is 6.74. The van der Waals surface area contributed by atoms with Crippen molar-refractivity contribution < 1.29 is 4.79 Å². The van der Waals surface area contributed by atoms with Crippen LogP contribution in [-0.2, 0) is 4.79 Å². The number of carbonyl (C=O) groups is 1. The van der Waals surface area contributed by atoms with Gasteiger partial charge in [0.25, 0.3) is 0 Å². The topological polar surface area (TPSA) is 23.6 Å². The molecule has 0 unspecified atom stereocenters. The molecule has 0 bridgehead atoms. The average Bonchev–Trinajstić information content (AvgIpc) is 2.70. The van der Waals surface area contributed by atoms with E-state index in [0.29, 0.717) is 17.4 Å². The molecule has 0 aromatic heterocycles. The lowest BCUT2D eigenvalue weighted by Crippen LogP contribution is -2.54. The zero-order chi connectivity index (χ0) is 12.6. The summed E-state index contributed by atoms with van der Waals surface area (Å²) in [4.78, 5) is 17.1. The highest BCUT2D eigenvalue weighted by Gasteiger charge is 2.43. The van der Waals surface area contributed by atoms with Crippen LogP contribution in [0.2, 0.25) is 0 Å². The minimum absolute atomic E-state index is 0.380. The molecule has 1 aliphatic carbocycles. The van der Waals surface area contributed by atoms with Gasteiger partial charge in [0.2, 0.25) is 5.91 Å². The van der Waals surface area contributed by atoms with Crippen LogP contribution in [0.4, 0.5) is 0 Å². The molecule has 0 aromatic carbocycles. The van der Waals surface area contributed by atoms with Crippen molar-refractivity contribution in [3.63, 3.8) is 0 Å². The van der Waals surface area contributed by atoms with E-state index in [1.54, 1.807) is 0 Å². The summed E-state index contributed by atoms with van der Waals surface area (Å²) < 4.78 is 0. The van der Waals surface area contributed by atoms with Crippen LogP contribution < -0.4 is 0 Å². The Kier molecular flexibility index (Phi) is 3.35. The maximum Gasteiger partial charge on any atom is 0.225 e. The third kappa shape index (κ3) is 1.97. The van der Waals surface area contributed by atoms with Crippen LogP contribution in [0.5, 0.6) is 0 Å². The third-order valence-corrected chi connectivity index (χ3v) is 5.58. The van der Waals surface area contributed by atoms with E-state index in [-0.39, 0.29) is 0 Å². The van der Waals surface area contributed by atoms with Gasteiger partial charge < -0.3 is 4.90 Å². The van der Waals surface area contributed by atoms with Gasteiger partial charge in [0, 0.05) is 24.5 Å². The SMILES string of the molecule is CCN1CCCC12CCN(C(=O)C1CCC1)CC2. The van der Waals surface area contributed by atoms with Crippen LogP contribution in [0, 0.1) is 5.92 Å². The Bertz CT molecular complexity index is 316. The molecule has 3 heteroatoms. The Morgan fingerprint density at radius 1 is 1.11 bits per heavy atom. The standard InChI is InChI=1S/C15H26N2O/c1-2-17-10-4-7-15(17)8-11-16(12-9-15)14(18)13-5-3-6-13/h13H,2-12H2,1H3. The van der Waals surface area contributed by atoms with Crippen LogP contribution in [0.1, 0.15) is 51.9 Å². The molecule has 2 heterocycles.